The molecule has 1 rings (SSSR count). The molecule has 0 unspecified atom stereocenters. The third-order valence-corrected chi connectivity index (χ3v) is 2.32. The maximum atomic E-state index is 12.3. The first-order valence-electron chi connectivity index (χ1n) is 3.94. The van der Waals surface area contributed by atoms with Gasteiger partial charge in [-0.3, -0.25) is 4.79 Å². The Morgan fingerprint density at radius 1 is 1.27 bits per heavy atom. The topological polar surface area (TPSA) is 17.1 Å². The fraction of sp³-hybridized carbons (Fsp3) is 0.100. The highest BCUT2D eigenvalue weighted by Gasteiger charge is 2.32. The number of hydrogen-bond acceptors (Lipinski definition) is 1. The Labute approximate surface area is 92.7 Å². The molecule has 0 N–H and O–H groups in total. The zero-order chi connectivity index (χ0) is 11.5. The Hall–Kier alpha value is -1.10. The van der Waals surface area contributed by atoms with Crippen molar-refractivity contribution >= 4 is 28.3 Å². The van der Waals surface area contributed by atoms with Gasteiger partial charge in [0.15, 0.2) is 0 Å². The molecule has 0 amide bonds. The minimum absolute atomic E-state index is 0.0388. The minimum atomic E-state index is -4.37. The summed E-state index contributed by atoms with van der Waals surface area (Å²) in [5, 5.41) is 0. The number of rotatable bonds is 2. The van der Waals surface area contributed by atoms with Gasteiger partial charge in [0.2, 0.25) is 0 Å². The van der Waals surface area contributed by atoms with Crippen LogP contribution in [-0.2, 0) is 11.0 Å². The van der Waals surface area contributed by atoms with Crippen molar-refractivity contribution in [3.05, 3.63) is 39.9 Å². The molecule has 0 bridgehead atoms. The summed E-state index contributed by atoms with van der Waals surface area (Å²) in [4.78, 5) is 10.0. The van der Waals surface area contributed by atoms with E-state index < -0.39 is 11.7 Å². The van der Waals surface area contributed by atoms with Crippen molar-refractivity contribution in [2.75, 3.05) is 0 Å². The highest BCUT2D eigenvalue weighted by atomic mass is 79.9. The van der Waals surface area contributed by atoms with E-state index in [2.05, 4.69) is 15.9 Å². The summed E-state index contributed by atoms with van der Waals surface area (Å²) < 4.78 is 36.9. The number of carbonyl (C=O) groups is 1. The molecule has 15 heavy (non-hydrogen) atoms. The molecule has 0 spiro atoms. The molecule has 0 aromatic heterocycles. The highest BCUT2D eigenvalue weighted by molar-refractivity contribution is 9.10. The summed E-state index contributed by atoms with van der Waals surface area (Å²) in [5.41, 5.74) is -0.201. The second kappa shape index (κ2) is 4.61. The van der Waals surface area contributed by atoms with E-state index in [1.165, 1.54) is 24.3 Å². The van der Waals surface area contributed by atoms with E-state index in [0.29, 0.717) is 11.8 Å². The molecular formula is C10H6BrF3O. The second-order valence-corrected chi connectivity index (χ2v) is 3.59. The van der Waals surface area contributed by atoms with Crippen molar-refractivity contribution in [1.82, 2.24) is 0 Å². The quantitative estimate of drug-likeness (QED) is 0.596. The Balaban J connectivity index is 3.09. The molecule has 0 saturated carbocycles. The van der Waals surface area contributed by atoms with Gasteiger partial charge >= 0.3 is 6.18 Å². The summed E-state index contributed by atoms with van der Waals surface area (Å²) >= 11 is 2.83. The average molecular weight is 279 g/mol. The Bertz CT molecular complexity index is 396. The maximum Gasteiger partial charge on any atom is 0.417 e. The van der Waals surface area contributed by atoms with E-state index >= 15 is 0 Å². The first-order valence-corrected chi connectivity index (χ1v) is 4.73. The van der Waals surface area contributed by atoms with Crippen LogP contribution in [0.2, 0.25) is 0 Å². The molecule has 0 heterocycles. The highest BCUT2D eigenvalue weighted by Crippen LogP contribution is 2.35. The number of benzene rings is 1. The van der Waals surface area contributed by atoms with Crippen molar-refractivity contribution in [2.45, 2.75) is 6.18 Å². The lowest BCUT2D eigenvalue weighted by atomic mass is 10.1. The molecule has 0 aliphatic heterocycles. The van der Waals surface area contributed by atoms with Crippen LogP contribution in [0.3, 0.4) is 0 Å². The standard InChI is InChI=1S/C10H6BrF3O/c11-9-6-7(2-1-5-15)3-4-8(9)10(12,13)14/h1-6H/b2-1+. The second-order valence-electron chi connectivity index (χ2n) is 2.73. The normalized spacial score (nSPS) is 12.0. The van der Waals surface area contributed by atoms with E-state index in [0.717, 1.165) is 6.07 Å². The molecule has 1 aromatic carbocycles. The van der Waals surface area contributed by atoms with Crippen molar-refractivity contribution in [2.24, 2.45) is 0 Å². The number of carbonyl (C=O) groups excluding carboxylic acids is 1. The molecule has 0 fully saturated rings. The van der Waals surface area contributed by atoms with Crippen molar-refractivity contribution in [3.8, 4) is 0 Å². The third-order valence-electron chi connectivity index (χ3n) is 1.67. The first-order chi connectivity index (χ1) is 6.95. The summed E-state index contributed by atoms with van der Waals surface area (Å²) in [6, 6.07) is 3.57. The Morgan fingerprint density at radius 2 is 1.93 bits per heavy atom. The summed E-state index contributed by atoms with van der Waals surface area (Å²) in [5.74, 6) is 0. The number of allylic oxidation sites excluding steroid dienone is 1. The largest absolute Gasteiger partial charge is 0.417 e. The Morgan fingerprint density at radius 3 is 2.40 bits per heavy atom. The molecule has 0 atom stereocenters. The van der Waals surface area contributed by atoms with Crippen LogP contribution in [0, 0.1) is 0 Å². The number of alkyl halides is 3. The molecular weight excluding hydrogens is 273 g/mol. The SMILES string of the molecule is O=C/C=C/c1ccc(C(F)(F)F)c(Br)c1. The summed E-state index contributed by atoms with van der Waals surface area (Å²) in [6.07, 6.45) is -1.16. The van der Waals surface area contributed by atoms with Gasteiger partial charge in [0.1, 0.15) is 6.29 Å². The van der Waals surface area contributed by atoms with Gasteiger partial charge in [-0.15, -0.1) is 0 Å². The lowest BCUT2D eigenvalue weighted by molar-refractivity contribution is -0.138. The van der Waals surface area contributed by atoms with Gasteiger partial charge in [0, 0.05) is 4.47 Å². The zero-order valence-electron chi connectivity index (χ0n) is 7.38. The fourth-order valence-corrected chi connectivity index (χ4v) is 1.64. The van der Waals surface area contributed by atoms with Crippen LogP contribution in [0.4, 0.5) is 13.2 Å². The lowest BCUT2D eigenvalue weighted by Crippen LogP contribution is -2.05. The molecule has 0 saturated heterocycles. The van der Waals surface area contributed by atoms with E-state index in [1.54, 1.807) is 0 Å². The molecule has 80 valence electrons. The van der Waals surface area contributed by atoms with Gasteiger partial charge < -0.3 is 0 Å². The molecule has 0 radical (unpaired) electrons. The average Bonchev–Trinajstić information content (AvgIpc) is 2.12. The van der Waals surface area contributed by atoms with Crippen LogP contribution in [0.1, 0.15) is 11.1 Å². The smallest absolute Gasteiger partial charge is 0.299 e. The van der Waals surface area contributed by atoms with Crippen molar-refractivity contribution in [3.63, 3.8) is 0 Å². The summed E-state index contributed by atoms with van der Waals surface area (Å²) in [7, 11) is 0. The monoisotopic (exact) mass is 278 g/mol. The van der Waals surface area contributed by atoms with E-state index in [4.69, 9.17) is 0 Å². The van der Waals surface area contributed by atoms with Crippen LogP contribution in [0.15, 0.2) is 28.7 Å². The van der Waals surface area contributed by atoms with Crippen LogP contribution in [-0.4, -0.2) is 6.29 Å². The first kappa shape index (κ1) is 12.0. The Kier molecular flexibility index (Phi) is 3.68. The third kappa shape index (κ3) is 3.20. The maximum absolute atomic E-state index is 12.3. The van der Waals surface area contributed by atoms with Gasteiger partial charge in [-0.25, -0.2) is 0 Å². The lowest BCUT2D eigenvalue weighted by Gasteiger charge is -2.08. The van der Waals surface area contributed by atoms with Crippen LogP contribution < -0.4 is 0 Å². The number of hydrogen-bond donors (Lipinski definition) is 0. The fourth-order valence-electron chi connectivity index (χ4n) is 1.02. The molecule has 0 aliphatic carbocycles. The number of aldehydes is 1. The molecule has 1 nitrogen and oxygen atoms in total. The molecule has 0 aliphatic rings. The molecule has 1 aromatic rings. The van der Waals surface area contributed by atoms with Crippen molar-refractivity contribution in [1.29, 1.82) is 0 Å². The van der Waals surface area contributed by atoms with Crippen LogP contribution >= 0.6 is 15.9 Å². The van der Waals surface area contributed by atoms with Crippen LogP contribution in [0.5, 0.6) is 0 Å². The van der Waals surface area contributed by atoms with E-state index in [9.17, 15) is 18.0 Å². The van der Waals surface area contributed by atoms with Crippen molar-refractivity contribution < 1.29 is 18.0 Å². The van der Waals surface area contributed by atoms with Gasteiger partial charge in [-0.1, -0.05) is 28.1 Å². The van der Waals surface area contributed by atoms with E-state index in [-0.39, 0.29) is 4.47 Å². The minimum Gasteiger partial charge on any atom is -0.299 e. The number of halogens is 4. The molecule has 5 heteroatoms. The predicted molar refractivity (Wildman–Crippen MR) is 54.2 cm³/mol. The van der Waals surface area contributed by atoms with Gasteiger partial charge in [-0.2, -0.15) is 13.2 Å². The van der Waals surface area contributed by atoms with Gasteiger partial charge in [0.25, 0.3) is 0 Å². The van der Waals surface area contributed by atoms with Gasteiger partial charge in [-0.05, 0) is 23.8 Å². The van der Waals surface area contributed by atoms with Gasteiger partial charge in [0.05, 0.1) is 5.56 Å². The zero-order valence-corrected chi connectivity index (χ0v) is 8.97. The summed E-state index contributed by atoms with van der Waals surface area (Å²) in [6.45, 7) is 0. The predicted octanol–water partition coefficient (Wildman–Crippen LogP) is 3.68. The van der Waals surface area contributed by atoms with E-state index in [1.807, 2.05) is 0 Å². The van der Waals surface area contributed by atoms with Crippen LogP contribution in [0.25, 0.3) is 6.08 Å².